The summed E-state index contributed by atoms with van der Waals surface area (Å²) in [7, 11) is -5.39. The molecule has 0 amide bonds. The Morgan fingerprint density at radius 1 is 1.29 bits per heavy atom. The van der Waals surface area contributed by atoms with Crippen molar-refractivity contribution in [2.45, 2.75) is 37.2 Å². The molecule has 0 aromatic heterocycles. The van der Waals surface area contributed by atoms with Crippen LogP contribution in [0, 0.1) is 5.92 Å². The minimum atomic E-state index is -5.39. The lowest BCUT2D eigenvalue weighted by Gasteiger charge is -2.27. The molecule has 0 saturated heterocycles. The number of halogens is 3. The van der Waals surface area contributed by atoms with Crippen molar-refractivity contribution in [3.63, 3.8) is 0 Å². The van der Waals surface area contributed by atoms with Crippen LogP contribution in [-0.4, -0.2) is 31.0 Å². The van der Waals surface area contributed by atoms with Gasteiger partial charge in [-0.1, -0.05) is 6.42 Å². The third-order valence-corrected chi connectivity index (χ3v) is 3.90. The van der Waals surface area contributed by atoms with Crippen LogP contribution in [0.1, 0.15) is 25.7 Å². The van der Waals surface area contributed by atoms with E-state index in [1.54, 1.807) is 0 Å². The zero-order valence-corrected chi connectivity index (χ0v) is 9.51. The van der Waals surface area contributed by atoms with Gasteiger partial charge in [0.05, 0.1) is 5.92 Å². The summed E-state index contributed by atoms with van der Waals surface area (Å²) in [5.41, 5.74) is -5.36. The second kappa shape index (κ2) is 4.81. The van der Waals surface area contributed by atoms with Crippen LogP contribution in [0.4, 0.5) is 13.2 Å². The van der Waals surface area contributed by atoms with Crippen LogP contribution in [0.15, 0.2) is 0 Å². The maximum atomic E-state index is 12.1. The third-order valence-electron chi connectivity index (χ3n) is 2.65. The first-order valence-electron chi connectivity index (χ1n) is 4.95. The first-order valence-corrected chi connectivity index (χ1v) is 6.43. The van der Waals surface area contributed by atoms with E-state index < -0.39 is 33.5 Å². The van der Waals surface area contributed by atoms with Crippen LogP contribution in [0.5, 0.6) is 0 Å². The molecule has 0 heterocycles. The van der Waals surface area contributed by atoms with Crippen LogP contribution in [0.2, 0.25) is 0 Å². The maximum absolute atomic E-state index is 12.1. The summed E-state index contributed by atoms with van der Waals surface area (Å²) in [4.78, 5) is 10.7. The third kappa shape index (κ3) is 3.56. The molecule has 0 bridgehead atoms. The van der Waals surface area contributed by atoms with Gasteiger partial charge in [-0.25, -0.2) is 13.1 Å². The molecule has 0 aliphatic heterocycles. The molecular weight excluding hydrogens is 263 g/mol. The Morgan fingerprint density at radius 3 is 2.35 bits per heavy atom. The average Bonchev–Trinajstić information content (AvgIpc) is 2.15. The van der Waals surface area contributed by atoms with Crippen molar-refractivity contribution in [3.05, 3.63) is 0 Å². The Balaban J connectivity index is 2.67. The molecule has 9 heteroatoms. The van der Waals surface area contributed by atoms with Crippen molar-refractivity contribution in [3.8, 4) is 0 Å². The van der Waals surface area contributed by atoms with Crippen LogP contribution >= 0.6 is 0 Å². The maximum Gasteiger partial charge on any atom is 0.511 e. The summed E-state index contributed by atoms with van der Waals surface area (Å²) >= 11 is 0. The van der Waals surface area contributed by atoms with Gasteiger partial charge >= 0.3 is 21.5 Å². The highest BCUT2D eigenvalue weighted by molar-refractivity contribution is 7.90. The fourth-order valence-electron chi connectivity index (χ4n) is 1.81. The molecule has 1 aliphatic rings. The number of carbonyl (C=O) groups is 1. The van der Waals surface area contributed by atoms with E-state index in [9.17, 15) is 26.4 Å². The van der Waals surface area contributed by atoms with Gasteiger partial charge in [-0.05, 0) is 19.3 Å². The minimum absolute atomic E-state index is 0.107. The topological polar surface area (TPSA) is 83.5 Å². The number of hydrogen-bond donors (Lipinski definition) is 2. The van der Waals surface area contributed by atoms with Crippen LogP contribution in [-0.2, 0) is 14.8 Å². The smallest absolute Gasteiger partial charge is 0.481 e. The molecule has 0 radical (unpaired) electrons. The van der Waals surface area contributed by atoms with Crippen molar-refractivity contribution in [1.82, 2.24) is 4.72 Å². The van der Waals surface area contributed by atoms with Gasteiger partial charge < -0.3 is 5.11 Å². The average molecular weight is 275 g/mol. The number of carboxylic acid groups (broad SMARTS) is 1. The van der Waals surface area contributed by atoms with E-state index in [4.69, 9.17) is 5.11 Å². The molecule has 1 aliphatic carbocycles. The molecular formula is C8H12F3NO4S. The first kappa shape index (κ1) is 14.2. The SMILES string of the molecule is O=C(O)C1CCCC(NS(=O)(=O)C(F)(F)F)C1. The summed E-state index contributed by atoms with van der Waals surface area (Å²) in [6, 6.07) is -0.962. The quantitative estimate of drug-likeness (QED) is 0.807. The molecule has 100 valence electrons. The van der Waals surface area contributed by atoms with Gasteiger partial charge in [0.25, 0.3) is 0 Å². The summed E-state index contributed by atoms with van der Waals surface area (Å²) in [5, 5.41) is 8.71. The number of aliphatic carboxylic acids is 1. The molecule has 2 atom stereocenters. The van der Waals surface area contributed by atoms with Gasteiger partial charge in [-0.3, -0.25) is 4.79 Å². The van der Waals surface area contributed by atoms with Gasteiger partial charge in [0.2, 0.25) is 0 Å². The van der Waals surface area contributed by atoms with E-state index in [2.05, 4.69) is 0 Å². The van der Waals surface area contributed by atoms with Crippen LogP contribution in [0.3, 0.4) is 0 Å². The summed E-state index contributed by atoms with van der Waals surface area (Å²) in [6.07, 6.45) is 0.866. The summed E-state index contributed by atoms with van der Waals surface area (Å²) in [5.74, 6) is -1.90. The number of hydrogen-bond acceptors (Lipinski definition) is 3. The Hall–Kier alpha value is -0.830. The van der Waals surface area contributed by atoms with Gasteiger partial charge in [0, 0.05) is 6.04 Å². The zero-order valence-electron chi connectivity index (χ0n) is 8.70. The number of nitrogens with one attached hydrogen (secondary N) is 1. The number of sulfonamides is 1. The fourth-order valence-corrected chi connectivity index (χ4v) is 2.59. The molecule has 5 nitrogen and oxygen atoms in total. The van der Waals surface area contributed by atoms with E-state index in [0.717, 1.165) is 0 Å². The minimum Gasteiger partial charge on any atom is -0.481 e. The van der Waals surface area contributed by atoms with Crippen molar-refractivity contribution in [2.75, 3.05) is 0 Å². The molecule has 1 fully saturated rings. The molecule has 0 aromatic carbocycles. The number of rotatable bonds is 3. The highest BCUT2D eigenvalue weighted by atomic mass is 32.2. The van der Waals surface area contributed by atoms with Crippen LogP contribution in [0.25, 0.3) is 0 Å². The van der Waals surface area contributed by atoms with Crippen molar-refractivity contribution >= 4 is 16.0 Å². The molecule has 2 N–H and O–H groups in total. The van der Waals surface area contributed by atoms with Gasteiger partial charge in [-0.2, -0.15) is 13.2 Å². The second-order valence-corrected chi connectivity index (χ2v) is 5.67. The Bertz CT molecular complexity index is 392. The predicted molar refractivity (Wildman–Crippen MR) is 51.5 cm³/mol. The summed E-state index contributed by atoms with van der Waals surface area (Å²) in [6.45, 7) is 0. The number of carboxylic acids is 1. The highest BCUT2D eigenvalue weighted by Crippen LogP contribution is 2.28. The highest BCUT2D eigenvalue weighted by Gasteiger charge is 2.47. The molecule has 17 heavy (non-hydrogen) atoms. The summed E-state index contributed by atoms with van der Waals surface area (Å²) < 4.78 is 59.4. The van der Waals surface area contributed by atoms with Crippen molar-refractivity contribution < 1.29 is 31.5 Å². The van der Waals surface area contributed by atoms with Gasteiger partial charge in [0.1, 0.15) is 0 Å². The van der Waals surface area contributed by atoms with E-state index in [1.807, 2.05) is 0 Å². The largest absolute Gasteiger partial charge is 0.511 e. The molecule has 1 saturated carbocycles. The standard InChI is InChI=1S/C8H12F3NO4S/c9-8(10,11)17(15,16)12-6-3-1-2-5(4-6)7(13)14/h5-6,12H,1-4H2,(H,13,14). The Morgan fingerprint density at radius 2 is 1.88 bits per heavy atom. The van der Waals surface area contributed by atoms with Gasteiger partial charge in [0.15, 0.2) is 0 Å². The lowest BCUT2D eigenvalue weighted by atomic mass is 9.86. The van der Waals surface area contributed by atoms with E-state index in [0.29, 0.717) is 12.8 Å². The lowest BCUT2D eigenvalue weighted by molar-refractivity contribution is -0.143. The number of alkyl halides is 3. The molecule has 1 rings (SSSR count). The predicted octanol–water partition coefficient (Wildman–Crippen LogP) is 1.07. The molecule has 0 aromatic rings. The van der Waals surface area contributed by atoms with Gasteiger partial charge in [-0.15, -0.1) is 0 Å². The van der Waals surface area contributed by atoms with Crippen molar-refractivity contribution in [2.24, 2.45) is 5.92 Å². The van der Waals surface area contributed by atoms with Crippen LogP contribution < -0.4 is 4.72 Å². The lowest BCUT2D eigenvalue weighted by Crippen LogP contribution is -2.45. The zero-order chi connectivity index (χ0) is 13.3. The van der Waals surface area contributed by atoms with E-state index in [1.165, 1.54) is 4.72 Å². The molecule has 0 spiro atoms. The Labute approximate surface area is 96.1 Å². The first-order chi connectivity index (χ1) is 7.63. The Kier molecular flexibility index (Phi) is 4.03. The monoisotopic (exact) mass is 275 g/mol. The normalized spacial score (nSPS) is 26.8. The van der Waals surface area contributed by atoms with E-state index >= 15 is 0 Å². The molecule has 2 unspecified atom stereocenters. The van der Waals surface area contributed by atoms with Crippen molar-refractivity contribution in [1.29, 1.82) is 0 Å². The fraction of sp³-hybridized carbons (Fsp3) is 0.875. The van der Waals surface area contributed by atoms with E-state index in [-0.39, 0.29) is 12.8 Å². The second-order valence-electron chi connectivity index (χ2n) is 3.97.